The quantitative estimate of drug-likeness (QED) is 0.253. The van der Waals surface area contributed by atoms with Crippen molar-refractivity contribution in [1.82, 2.24) is 0 Å². The van der Waals surface area contributed by atoms with E-state index < -0.39 is 17.0 Å². The van der Waals surface area contributed by atoms with Gasteiger partial charge in [0, 0.05) is 21.1 Å². The highest BCUT2D eigenvalue weighted by atomic mass is 32.2. The zero-order valence-corrected chi connectivity index (χ0v) is 17.7. The van der Waals surface area contributed by atoms with Crippen LogP contribution in [0.15, 0.2) is 76.5 Å². The fraction of sp³-hybridized carbons (Fsp3) is 0.0455. The summed E-state index contributed by atoms with van der Waals surface area (Å²) >= 11 is 1.75. The monoisotopic (exact) mass is 439 g/mol. The minimum atomic E-state index is -2.54. The Balaban J connectivity index is 2.16. The Morgan fingerprint density at radius 2 is 1.67 bits per heavy atom. The molecule has 0 heterocycles. The molecule has 154 valence electrons. The molecule has 4 N–H and O–H groups in total. The van der Waals surface area contributed by atoms with Crippen LogP contribution in [0.25, 0.3) is 16.8 Å². The number of hydrogen-bond acceptors (Lipinski definition) is 6. The van der Waals surface area contributed by atoms with E-state index in [0.717, 1.165) is 16.0 Å². The third-order valence-electron chi connectivity index (χ3n) is 4.54. The molecule has 6 nitrogen and oxygen atoms in total. The van der Waals surface area contributed by atoms with E-state index in [1.807, 2.05) is 30.3 Å². The number of nitrogens with one attached hydrogen (secondary N) is 1. The van der Waals surface area contributed by atoms with Crippen LogP contribution in [0, 0.1) is 0 Å². The molecule has 3 aromatic carbocycles. The molecule has 0 fully saturated rings. The van der Waals surface area contributed by atoms with Crippen LogP contribution in [0.1, 0.15) is 22.8 Å². The summed E-state index contributed by atoms with van der Waals surface area (Å²) in [7, 11) is 0. The van der Waals surface area contributed by atoms with Crippen molar-refractivity contribution < 1.29 is 18.7 Å². The maximum atomic E-state index is 11.8. The van der Waals surface area contributed by atoms with Crippen molar-refractivity contribution in [2.45, 2.75) is 11.8 Å². The number of anilines is 2. The minimum absolute atomic E-state index is 0.00440. The minimum Gasteiger partial charge on any atom is -0.769 e. The Morgan fingerprint density at radius 1 is 1.03 bits per heavy atom. The van der Waals surface area contributed by atoms with Gasteiger partial charge in [0.25, 0.3) is 0 Å². The highest BCUT2D eigenvalue weighted by Gasteiger charge is 2.16. The molecule has 8 heteroatoms. The first-order chi connectivity index (χ1) is 14.3. The van der Waals surface area contributed by atoms with Crippen LogP contribution in [0.5, 0.6) is 0 Å². The normalized spacial score (nSPS) is 12.8. The number of nitrogens with two attached hydrogens (primary N) is 1. The van der Waals surface area contributed by atoms with Crippen molar-refractivity contribution in [3.05, 3.63) is 82.8 Å². The molecule has 0 bridgehead atoms. The van der Waals surface area contributed by atoms with Crippen molar-refractivity contribution in [2.24, 2.45) is 0 Å². The van der Waals surface area contributed by atoms with Crippen LogP contribution in [0.2, 0.25) is 0 Å². The molecule has 0 aliphatic heterocycles. The fourth-order valence-electron chi connectivity index (χ4n) is 2.95. The molecule has 0 amide bonds. The number of allylic oxidation sites excluding steroid dienone is 1. The molecule has 0 saturated heterocycles. The molecule has 0 saturated carbocycles. The summed E-state index contributed by atoms with van der Waals surface area (Å²) < 4.78 is 23.5. The SMILES string of the molecule is C/C(=C(/Nc1ccccc1C(=O)O)c1cc(-c2ccc(S)cc2)ccc1N)S(=O)[O-]. The smallest absolute Gasteiger partial charge is 0.337 e. The van der Waals surface area contributed by atoms with Gasteiger partial charge in [0.1, 0.15) is 0 Å². The maximum Gasteiger partial charge on any atom is 0.337 e. The number of rotatable bonds is 6. The van der Waals surface area contributed by atoms with Crippen LogP contribution >= 0.6 is 12.6 Å². The van der Waals surface area contributed by atoms with Crippen LogP contribution in [0.4, 0.5) is 11.4 Å². The molecular formula is C22H19N2O4S2-. The second kappa shape index (κ2) is 9.17. The number of carboxylic acids is 1. The molecule has 0 spiro atoms. The van der Waals surface area contributed by atoms with Gasteiger partial charge in [0.05, 0.1) is 16.9 Å². The molecule has 1 unspecified atom stereocenters. The number of hydrogen-bond donors (Lipinski definition) is 4. The van der Waals surface area contributed by atoms with Crippen molar-refractivity contribution in [2.75, 3.05) is 11.1 Å². The second-order valence-corrected chi connectivity index (χ2v) is 8.09. The van der Waals surface area contributed by atoms with E-state index >= 15 is 0 Å². The van der Waals surface area contributed by atoms with Crippen LogP contribution < -0.4 is 11.1 Å². The molecule has 0 aliphatic rings. The van der Waals surface area contributed by atoms with E-state index in [-0.39, 0.29) is 21.9 Å². The van der Waals surface area contributed by atoms with Gasteiger partial charge in [0.2, 0.25) is 0 Å². The molecule has 3 aromatic rings. The fourth-order valence-corrected chi connectivity index (χ4v) is 3.42. The zero-order chi connectivity index (χ0) is 21.8. The van der Waals surface area contributed by atoms with Crippen LogP contribution in [0.3, 0.4) is 0 Å². The van der Waals surface area contributed by atoms with Gasteiger partial charge in [-0.05, 0) is 65.5 Å². The molecule has 30 heavy (non-hydrogen) atoms. The summed E-state index contributed by atoms with van der Waals surface area (Å²) in [5.41, 5.74) is 9.18. The molecule has 1 atom stereocenters. The number of carboxylic acid groups (broad SMARTS) is 1. The molecule has 0 aliphatic carbocycles. The summed E-state index contributed by atoms with van der Waals surface area (Å²) in [6, 6.07) is 19.0. The lowest BCUT2D eigenvalue weighted by Crippen LogP contribution is -2.10. The van der Waals surface area contributed by atoms with E-state index in [2.05, 4.69) is 17.9 Å². The largest absolute Gasteiger partial charge is 0.769 e. The number of aromatic carboxylic acids is 1. The van der Waals surface area contributed by atoms with Crippen molar-refractivity contribution in [3.8, 4) is 11.1 Å². The summed E-state index contributed by atoms with van der Waals surface area (Å²) in [5, 5.41) is 12.4. The van der Waals surface area contributed by atoms with E-state index in [4.69, 9.17) is 5.73 Å². The first-order valence-corrected chi connectivity index (χ1v) is 10.4. The number of benzene rings is 3. The zero-order valence-electron chi connectivity index (χ0n) is 16.0. The number of carbonyl (C=O) groups is 1. The van der Waals surface area contributed by atoms with E-state index in [9.17, 15) is 18.7 Å². The van der Waals surface area contributed by atoms with Crippen LogP contribution in [-0.2, 0) is 11.1 Å². The van der Waals surface area contributed by atoms with Crippen LogP contribution in [-0.4, -0.2) is 19.8 Å². The molecular weight excluding hydrogens is 420 g/mol. The lowest BCUT2D eigenvalue weighted by atomic mass is 9.99. The number of para-hydroxylation sites is 1. The Morgan fingerprint density at radius 3 is 2.30 bits per heavy atom. The van der Waals surface area contributed by atoms with E-state index in [1.54, 1.807) is 30.3 Å². The van der Waals surface area contributed by atoms with Gasteiger partial charge in [-0.1, -0.05) is 30.3 Å². The lowest BCUT2D eigenvalue weighted by molar-refractivity contribution is 0.0698. The average molecular weight is 440 g/mol. The Kier molecular flexibility index (Phi) is 6.61. The van der Waals surface area contributed by atoms with E-state index in [1.165, 1.54) is 13.0 Å². The predicted octanol–water partition coefficient (Wildman–Crippen LogP) is 4.60. The van der Waals surface area contributed by atoms with Gasteiger partial charge in [-0.15, -0.1) is 12.6 Å². The lowest BCUT2D eigenvalue weighted by Gasteiger charge is -2.20. The topological polar surface area (TPSA) is 115 Å². The average Bonchev–Trinajstić information content (AvgIpc) is 2.73. The third kappa shape index (κ3) is 4.73. The van der Waals surface area contributed by atoms with Gasteiger partial charge < -0.3 is 20.7 Å². The summed E-state index contributed by atoms with van der Waals surface area (Å²) in [6.07, 6.45) is 0. The van der Waals surface area contributed by atoms with Crippen molar-refractivity contribution in [1.29, 1.82) is 0 Å². The van der Waals surface area contributed by atoms with Crippen molar-refractivity contribution >= 4 is 46.8 Å². The Hall–Kier alpha value is -3.07. The Labute approximate surface area is 182 Å². The molecule has 0 aromatic heterocycles. The summed E-state index contributed by atoms with van der Waals surface area (Å²) in [5.74, 6) is -1.13. The standard InChI is InChI=1S/C22H20N2O4S2/c1-13(30(27)28)21(24-20-5-3-2-4-17(20)22(25)26)18-12-15(8-11-19(18)23)14-6-9-16(29)10-7-14/h2-12,24,29H,23H2,1H3,(H,25,26)(H,27,28)/p-1/b21-13-. The van der Waals surface area contributed by atoms with Gasteiger partial charge in [0.15, 0.2) is 0 Å². The maximum absolute atomic E-state index is 11.8. The third-order valence-corrected chi connectivity index (χ3v) is 5.54. The first kappa shape index (κ1) is 21.6. The summed E-state index contributed by atoms with van der Waals surface area (Å²) in [6.45, 7) is 1.43. The van der Waals surface area contributed by atoms with E-state index in [0.29, 0.717) is 11.3 Å². The summed E-state index contributed by atoms with van der Waals surface area (Å²) in [4.78, 5) is 12.4. The number of nitrogen functional groups attached to an aromatic ring is 1. The van der Waals surface area contributed by atoms with Gasteiger partial charge in [-0.2, -0.15) is 0 Å². The van der Waals surface area contributed by atoms with Gasteiger partial charge in [-0.25, -0.2) is 4.79 Å². The van der Waals surface area contributed by atoms with Crippen molar-refractivity contribution in [3.63, 3.8) is 0 Å². The molecule has 0 radical (unpaired) electrons. The molecule has 3 rings (SSSR count). The first-order valence-electron chi connectivity index (χ1n) is 8.86. The highest BCUT2D eigenvalue weighted by molar-refractivity contribution is 7.83. The predicted molar refractivity (Wildman–Crippen MR) is 122 cm³/mol. The number of thiol groups is 1. The van der Waals surface area contributed by atoms with Gasteiger partial charge in [-0.3, -0.25) is 4.21 Å². The van der Waals surface area contributed by atoms with Gasteiger partial charge >= 0.3 is 5.97 Å². The Bertz CT molecular complexity index is 1160. The highest BCUT2D eigenvalue weighted by Crippen LogP contribution is 2.32. The second-order valence-electron chi connectivity index (χ2n) is 6.49.